The number of aryl methyl sites for hydroxylation is 1. The van der Waals surface area contributed by atoms with E-state index in [9.17, 15) is 5.11 Å². The minimum atomic E-state index is 0.191. The van der Waals surface area contributed by atoms with Crippen molar-refractivity contribution in [3.8, 4) is 5.75 Å². The zero-order chi connectivity index (χ0) is 11.3. The second-order valence-electron chi connectivity index (χ2n) is 2.98. The lowest BCUT2D eigenvalue weighted by atomic mass is 10.1. The molecule has 0 unspecified atom stereocenters. The number of benzene rings is 1. The highest BCUT2D eigenvalue weighted by molar-refractivity contribution is 6.30. The van der Waals surface area contributed by atoms with Gasteiger partial charge in [0.15, 0.2) is 0 Å². The molecular weight excluding hydrogens is 214 g/mol. The van der Waals surface area contributed by atoms with Crippen molar-refractivity contribution in [1.29, 1.82) is 0 Å². The smallest absolute Gasteiger partial charge is 0.125 e. The molecule has 0 saturated carbocycles. The number of hydrogen-bond donors (Lipinski definition) is 1. The number of azide groups is 1. The highest BCUT2D eigenvalue weighted by Crippen LogP contribution is 2.27. The van der Waals surface area contributed by atoms with Crippen LogP contribution in [0.5, 0.6) is 5.75 Å². The SMILES string of the molecule is Cc1cc(Cl)cc(C=CCN=[N+]=[N-])c1O. The van der Waals surface area contributed by atoms with Gasteiger partial charge in [-0.25, -0.2) is 0 Å². The Balaban J connectivity index is 2.94. The summed E-state index contributed by atoms with van der Waals surface area (Å²) in [6, 6.07) is 3.33. The summed E-state index contributed by atoms with van der Waals surface area (Å²) < 4.78 is 0. The van der Waals surface area contributed by atoms with Crippen LogP contribution in [0.1, 0.15) is 11.1 Å². The number of hydrogen-bond acceptors (Lipinski definition) is 2. The molecule has 15 heavy (non-hydrogen) atoms. The summed E-state index contributed by atoms with van der Waals surface area (Å²) in [4.78, 5) is 2.61. The zero-order valence-corrected chi connectivity index (χ0v) is 8.94. The van der Waals surface area contributed by atoms with Crippen molar-refractivity contribution >= 4 is 17.7 Å². The van der Waals surface area contributed by atoms with E-state index < -0.39 is 0 Å². The van der Waals surface area contributed by atoms with Crippen LogP contribution in [0.4, 0.5) is 0 Å². The fourth-order valence-electron chi connectivity index (χ4n) is 1.15. The lowest BCUT2D eigenvalue weighted by molar-refractivity contribution is 0.470. The molecule has 0 aliphatic carbocycles. The first-order chi connectivity index (χ1) is 7.15. The quantitative estimate of drug-likeness (QED) is 0.474. The van der Waals surface area contributed by atoms with Gasteiger partial charge >= 0.3 is 0 Å². The lowest BCUT2D eigenvalue weighted by Gasteiger charge is -2.03. The number of nitrogens with zero attached hydrogens (tertiary/aromatic N) is 3. The Bertz CT molecular complexity index is 437. The minimum absolute atomic E-state index is 0.191. The van der Waals surface area contributed by atoms with E-state index in [1.807, 2.05) is 0 Å². The maximum atomic E-state index is 9.67. The number of halogens is 1. The van der Waals surface area contributed by atoms with Crippen LogP contribution in [-0.4, -0.2) is 11.7 Å². The molecule has 1 aromatic rings. The Hall–Kier alpha value is -1.64. The van der Waals surface area contributed by atoms with Gasteiger partial charge in [-0.15, -0.1) is 0 Å². The first kappa shape index (κ1) is 11.4. The molecule has 0 aromatic heterocycles. The summed E-state index contributed by atoms with van der Waals surface area (Å²) in [6.45, 7) is 2.02. The molecule has 0 amide bonds. The summed E-state index contributed by atoms with van der Waals surface area (Å²) >= 11 is 5.84. The van der Waals surface area contributed by atoms with Crippen LogP contribution in [0, 0.1) is 6.92 Å². The predicted molar refractivity (Wildman–Crippen MR) is 60.9 cm³/mol. The first-order valence-electron chi connectivity index (χ1n) is 4.31. The van der Waals surface area contributed by atoms with Crippen LogP contribution in [0.25, 0.3) is 16.5 Å². The van der Waals surface area contributed by atoms with Crippen molar-refractivity contribution in [3.05, 3.63) is 44.8 Å². The largest absolute Gasteiger partial charge is 0.507 e. The van der Waals surface area contributed by atoms with Crippen molar-refractivity contribution in [1.82, 2.24) is 0 Å². The summed E-state index contributed by atoms with van der Waals surface area (Å²) in [6.07, 6.45) is 3.33. The highest BCUT2D eigenvalue weighted by Gasteiger charge is 2.02. The van der Waals surface area contributed by atoms with Gasteiger partial charge in [0.1, 0.15) is 5.75 Å². The van der Waals surface area contributed by atoms with Crippen LogP contribution >= 0.6 is 11.6 Å². The van der Waals surface area contributed by atoms with Crippen LogP contribution in [0.2, 0.25) is 5.02 Å². The minimum Gasteiger partial charge on any atom is -0.507 e. The van der Waals surface area contributed by atoms with Crippen molar-refractivity contribution < 1.29 is 5.11 Å². The van der Waals surface area contributed by atoms with E-state index in [1.54, 1.807) is 31.2 Å². The predicted octanol–water partition coefficient (Wildman–Crippen LogP) is 3.68. The van der Waals surface area contributed by atoms with Gasteiger partial charge in [0.2, 0.25) is 0 Å². The van der Waals surface area contributed by atoms with Crippen molar-refractivity contribution in [2.24, 2.45) is 5.11 Å². The Morgan fingerprint density at radius 2 is 2.33 bits per heavy atom. The van der Waals surface area contributed by atoms with Crippen molar-refractivity contribution in [3.63, 3.8) is 0 Å². The normalized spacial score (nSPS) is 10.3. The second-order valence-corrected chi connectivity index (χ2v) is 3.41. The van der Waals surface area contributed by atoms with Crippen LogP contribution < -0.4 is 0 Å². The topological polar surface area (TPSA) is 69.0 Å². The lowest BCUT2D eigenvalue weighted by Crippen LogP contribution is -1.81. The van der Waals surface area contributed by atoms with E-state index in [-0.39, 0.29) is 12.3 Å². The van der Waals surface area contributed by atoms with E-state index >= 15 is 0 Å². The fourth-order valence-corrected chi connectivity index (χ4v) is 1.43. The van der Waals surface area contributed by atoms with Crippen LogP contribution in [-0.2, 0) is 0 Å². The van der Waals surface area contributed by atoms with Gasteiger partial charge in [0.25, 0.3) is 0 Å². The van der Waals surface area contributed by atoms with E-state index in [0.29, 0.717) is 16.1 Å². The van der Waals surface area contributed by atoms with Gasteiger partial charge in [0.05, 0.1) is 0 Å². The Morgan fingerprint density at radius 3 is 3.00 bits per heavy atom. The van der Waals surface area contributed by atoms with Gasteiger partial charge in [-0.3, -0.25) is 0 Å². The summed E-state index contributed by atoms with van der Waals surface area (Å²) in [5.41, 5.74) is 9.39. The summed E-state index contributed by atoms with van der Waals surface area (Å²) in [5, 5.41) is 13.6. The van der Waals surface area contributed by atoms with Crippen molar-refractivity contribution in [2.45, 2.75) is 6.92 Å². The molecule has 0 bridgehead atoms. The molecule has 0 heterocycles. The van der Waals surface area contributed by atoms with Gasteiger partial charge in [-0.05, 0) is 30.2 Å². The molecule has 78 valence electrons. The number of phenols is 1. The van der Waals surface area contributed by atoms with E-state index in [4.69, 9.17) is 17.1 Å². The van der Waals surface area contributed by atoms with E-state index in [0.717, 1.165) is 0 Å². The molecule has 0 fully saturated rings. The molecule has 1 aromatic carbocycles. The monoisotopic (exact) mass is 223 g/mol. The average Bonchev–Trinajstić information content (AvgIpc) is 2.19. The first-order valence-corrected chi connectivity index (χ1v) is 4.69. The Labute approximate surface area is 92.4 Å². The van der Waals surface area contributed by atoms with Crippen LogP contribution in [0.3, 0.4) is 0 Å². The van der Waals surface area contributed by atoms with Crippen LogP contribution in [0.15, 0.2) is 23.3 Å². The van der Waals surface area contributed by atoms with Gasteiger partial charge in [-0.2, -0.15) is 0 Å². The number of rotatable bonds is 3. The molecule has 0 saturated heterocycles. The molecule has 0 aliphatic rings. The molecule has 0 aliphatic heterocycles. The number of aromatic hydroxyl groups is 1. The molecule has 4 nitrogen and oxygen atoms in total. The third kappa shape index (κ3) is 3.20. The highest BCUT2D eigenvalue weighted by atomic mass is 35.5. The molecule has 0 atom stereocenters. The molecule has 0 spiro atoms. The van der Waals surface area contributed by atoms with Crippen molar-refractivity contribution in [2.75, 3.05) is 6.54 Å². The van der Waals surface area contributed by atoms with Gasteiger partial charge in [-0.1, -0.05) is 28.9 Å². The standard InChI is InChI=1S/C10H10ClN3O/c1-7-5-9(11)6-8(10(7)15)3-2-4-13-14-12/h2-3,5-6,15H,4H2,1H3. The average molecular weight is 224 g/mol. The molecular formula is C10H10ClN3O. The Kier molecular flexibility index (Phi) is 4.03. The zero-order valence-electron chi connectivity index (χ0n) is 8.18. The third-order valence-electron chi connectivity index (χ3n) is 1.84. The van der Waals surface area contributed by atoms with E-state index in [1.165, 1.54) is 0 Å². The summed E-state index contributed by atoms with van der Waals surface area (Å²) in [7, 11) is 0. The molecule has 1 rings (SSSR count). The van der Waals surface area contributed by atoms with Gasteiger partial charge in [0, 0.05) is 22.0 Å². The van der Waals surface area contributed by atoms with Gasteiger partial charge < -0.3 is 5.11 Å². The Morgan fingerprint density at radius 1 is 1.60 bits per heavy atom. The molecule has 5 heteroatoms. The second kappa shape index (κ2) is 5.29. The maximum Gasteiger partial charge on any atom is 0.125 e. The third-order valence-corrected chi connectivity index (χ3v) is 2.06. The number of phenolic OH excluding ortho intramolecular Hbond substituents is 1. The maximum absolute atomic E-state index is 9.67. The molecule has 0 radical (unpaired) electrons. The fraction of sp³-hybridized carbons (Fsp3) is 0.200. The van der Waals surface area contributed by atoms with E-state index in [2.05, 4.69) is 10.0 Å². The summed E-state index contributed by atoms with van der Waals surface area (Å²) in [5.74, 6) is 0.191. The molecule has 1 N–H and O–H groups in total.